The van der Waals surface area contributed by atoms with Crippen LogP contribution < -0.4 is 30.5 Å². The lowest BCUT2D eigenvalue weighted by Gasteiger charge is -2.38. The number of hydrogen-bond acceptors (Lipinski definition) is 6. The van der Waals surface area contributed by atoms with Crippen LogP contribution in [0.15, 0.2) is 66.7 Å². The van der Waals surface area contributed by atoms with Gasteiger partial charge in [0.1, 0.15) is 5.75 Å². The second-order valence-corrected chi connectivity index (χ2v) is 10.3. The normalized spacial score (nSPS) is 13.2. The molecule has 1 aliphatic rings. The van der Waals surface area contributed by atoms with E-state index in [9.17, 15) is 9.59 Å². The largest absolute Gasteiger partial charge is 0.495 e. The first-order valence-corrected chi connectivity index (χ1v) is 14.9. The lowest BCUT2D eigenvalue weighted by atomic mass is 10.1. The number of anilines is 4. The molecule has 1 fully saturated rings. The van der Waals surface area contributed by atoms with Crippen molar-refractivity contribution in [2.45, 2.75) is 27.2 Å². The lowest BCUT2D eigenvalue weighted by Crippen LogP contribution is -2.47. The molecule has 9 heteroatoms. The molecular formula is C33H44N6O3. The van der Waals surface area contributed by atoms with Crippen molar-refractivity contribution in [3.63, 3.8) is 0 Å². The van der Waals surface area contributed by atoms with Crippen molar-refractivity contribution in [2.24, 2.45) is 0 Å². The Hall–Kier alpha value is -4.24. The van der Waals surface area contributed by atoms with Gasteiger partial charge in [-0.2, -0.15) is 0 Å². The maximum Gasteiger partial charge on any atom is 0.323 e. The van der Waals surface area contributed by atoms with E-state index < -0.39 is 0 Å². The summed E-state index contributed by atoms with van der Waals surface area (Å²) in [4.78, 5) is 33.1. The van der Waals surface area contributed by atoms with Crippen LogP contribution in [-0.4, -0.2) is 76.3 Å². The monoisotopic (exact) mass is 572 g/mol. The second-order valence-electron chi connectivity index (χ2n) is 10.3. The highest BCUT2D eigenvalue weighted by molar-refractivity contribution is 6.04. The maximum absolute atomic E-state index is 13.5. The zero-order valence-electron chi connectivity index (χ0n) is 25.3. The fraction of sp³-hybridized carbons (Fsp3) is 0.394. The molecule has 1 saturated heterocycles. The highest BCUT2D eigenvalue weighted by atomic mass is 16.5. The zero-order valence-corrected chi connectivity index (χ0v) is 25.3. The quantitative estimate of drug-likeness (QED) is 0.273. The molecule has 4 rings (SSSR count). The van der Waals surface area contributed by atoms with Gasteiger partial charge in [0, 0.05) is 56.3 Å². The van der Waals surface area contributed by atoms with E-state index in [1.165, 1.54) is 5.56 Å². The van der Waals surface area contributed by atoms with Crippen molar-refractivity contribution in [3.05, 3.63) is 77.9 Å². The molecule has 0 bridgehead atoms. The summed E-state index contributed by atoms with van der Waals surface area (Å²) < 4.78 is 5.57. The predicted molar refractivity (Wildman–Crippen MR) is 172 cm³/mol. The Labute approximate surface area is 249 Å². The molecule has 0 spiro atoms. The highest BCUT2D eigenvalue weighted by Gasteiger charge is 2.24. The molecule has 0 aromatic heterocycles. The fourth-order valence-corrected chi connectivity index (χ4v) is 5.23. The molecule has 1 heterocycles. The van der Waals surface area contributed by atoms with Crippen LogP contribution in [0.1, 0.15) is 36.7 Å². The Bertz CT molecular complexity index is 1320. The molecule has 3 N–H and O–H groups in total. The van der Waals surface area contributed by atoms with Crippen LogP contribution in [-0.2, 0) is 6.42 Å². The number of methoxy groups -OCH3 is 1. The van der Waals surface area contributed by atoms with E-state index >= 15 is 0 Å². The van der Waals surface area contributed by atoms with Gasteiger partial charge in [0.25, 0.3) is 5.91 Å². The van der Waals surface area contributed by atoms with Crippen LogP contribution in [0.4, 0.5) is 27.5 Å². The third kappa shape index (κ3) is 7.94. The number of aryl methyl sites for hydroxylation is 1. The summed E-state index contributed by atoms with van der Waals surface area (Å²) >= 11 is 0. The number of carbonyl (C=O) groups is 2. The number of benzene rings is 3. The molecule has 1 aliphatic heterocycles. The van der Waals surface area contributed by atoms with Gasteiger partial charge in [-0.3, -0.25) is 4.79 Å². The topological polar surface area (TPSA) is 89.2 Å². The number of carbonyl (C=O) groups excluding carboxylic acids is 2. The average molecular weight is 573 g/mol. The lowest BCUT2D eigenvalue weighted by molar-refractivity contribution is 0.0949. The fourth-order valence-electron chi connectivity index (χ4n) is 5.23. The molecule has 0 radical (unpaired) electrons. The predicted octanol–water partition coefficient (Wildman–Crippen LogP) is 5.30. The van der Waals surface area contributed by atoms with Crippen LogP contribution in [0.25, 0.3) is 0 Å². The molecule has 0 saturated carbocycles. The minimum atomic E-state index is -0.356. The Balaban J connectivity index is 1.49. The summed E-state index contributed by atoms with van der Waals surface area (Å²) in [5.41, 5.74) is 4.95. The van der Waals surface area contributed by atoms with E-state index in [0.29, 0.717) is 23.5 Å². The van der Waals surface area contributed by atoms with Gasteiger partial charge in [0.2, 0.25) is 0 Å². The number of nitrogens with zero attached hydrogens (tertiary/aromatic N) is 3. The van der Waals surface area contributed by atoms with E-state index in [4.69, 9.17) is 4.74 Å². The number of para-hydroxylation sites is 2. The van der Waals surface area contributed by atoms with Crippen molar-refractivity contribution in [1.29, 1.82) is 0 Å². The number of amides is 3. The van der Waals surface area contributed by atoms with Gasteiger partial charge in [-0.05, 0) is 67.5 Å². The summed E-state index contributed by atoms with van der Waals surface area (Å²) in [6, 6.07) is 21.0. The van der Waals surface area contributed by atoms with Crippen molar-refractivity contribution in [3.8, 4) is 5.75 Å². The van der Waals surface area contributed by atoms with Gasteiger partial charge < -0.3 is 35.4 Å². The van der Waals surface area contributed by atoms with Crippen LogP contribution in [0.3, 0.4) is 0 Å². The minimum Gasteiger partial charge on any atom is -0.495 e. The number of likely N-dealkylation sites (N-methyl/N-ethyl adjacent to an activating group) is 1. The Morgan fingerprint density at radius 1 is 0.810 bits per heavy atom. The summed E-state index contributed by atoms with van der Waals surface area (Å²) in [5.74, 6) is 0.706. The van der Waals surface area contributed by atoms with Crippen molar-refractivity contribution in [1.82, 2.24) is 10.2 Å². The number of rotatable bonds is 12. The van der Waals surface area contributed by atoms with E-state index in [0.717, 1.165) is 69.4 Å². The highest BCUT2D eigenvalue weighted by Crippen LogP contribution is 2.31. The van der Waals surface area contributed by atoms with Gasteiger partial charge in [-0.1, -0.05) is 45.0 Å². The van der Waals surface area contributed by atoms with Gasteiger partial charge in [-0.25, -0.2) is 4.79 Å². The third-order valence-corrected chi connectivity index (χ3v) is 7.77. The average Bonchev–Trinajstić information content (AvgIpc) is 3.03. The molecule has 0 unspecified atom stereocenters. The molecule has 3 aromatic carbocycles. The van der Waals surface area contributed by atoms with E-state index in [1.54, 1.807) is 13.2 Å². The number of ether oxygens (including phenoxy) is 1. The van der Waals surface area contributed by atoms with Gasteiger partial charge in [0.15, 0.2) is 0 Å². The van der Waals surface area contributed by atoms with Crippen LogP contribution in [0, 0.1) is 0 Å². The van der Waals surface area contributed by atoms with E-state index in [1.807, 2.05) is 54.6 Å². The van der Waals surface area contributed by atoms with Gasteiger partial charge in [-0.15, -0.1) is 0 Å². The van der Waals surface area contributed by atoms with Crippen LogP contribution >= 0.6 is 0 Å². The summed E-state index contributed by atoms with van der Waals surface area (Å²) in [7, 11) is 1.69. The molecule has 3 amide bonds. The third-order valence-electron chi connectivity index (χ3n) is 7.77. The van der Waals surface area contributed by atoms with Crippen molar-refractivity contribution < 1.29 is 14.3 Å². The first kappa shape index (κ1) is 30.7. The molecular weight excluding hydrogens is 528 g/mol. The van der Waals surface area contributed by atoms with E-state index in [-0.39, 0.29) is 11.9 Å². The number of piperazine rings is 1. The van der Waals surface area contributed by atoms with Crippen molar-refractivity contribution in [2.75, 3.05) is 79.9 Å². The Morgan fingerprint density at radius 2 is 1.43 bits per heavy atom. The van der Waals surface area contributed by atoms with Crippen LogP contribution in [0.5, 0.6) is 5.75 Å². The molecule has 0 aliphatic carbocycles. The Morgan fingerprint density at radius 3 is 2.07 bits per heavy atom. The standard InChI is InChI=1S/C33H44N6O3/c1-5-25-12-14-26(15-13-25)35-33(41)36-27-16-17-29(28(24-27)32(40)34-18-19-37(6-2)7-3)38-20-22-39(23-21-38)30-10-8-9-11-31(30)42-4/h8-17,24H,5-7,18-23H2,1-4H3,(H,34,40)(H2,35,36,41). The second kappa shape index (κ2) is 15.1. The van der Waals surface area contributed by atoms with Crippen LogP contribution in [0.2, 0.25) is 0 Å². The molecule has 42 heavy (non-hydrogen) atoms. The minimum absolute atomic E-state index is 0.150. The maximum atomic E-state index is 13.5. The summed E-state index contributed by atoms with van der Waals surface area (Å²) in [6.07, 6.45) is 0.939. The molecule has 3 aromatic rings. The smallest absolute Gasteiger partial charge is 0.323 e. The first-order valence-electron chi connectivity index (χ1n) is 14.9. The molecule has 224 valence electrons. The zero-order chi connectivity index (χ0) is 29.9. The van der Waals surface area contributed by atoms with Gasteiger partial charge >= 0.3 is 6.03 Å². The summed E-state index contributed by atoms with van der Waals surface area (Å²) in [5, 5.41) is 8.87. The first-order chi connectivity index (χ1) is 20.4. The molecule has 0 atom stereocenters. The molecule has 9 nitrogen and oxygen atoms in total. The number of hydrogen-bond donors (Lipinski definition) is 3. The van der Waals surface area contributed by atoms with Crippen molar-refractivity contribution >= 4 is 34.7 Å². The Kier molecular flexibility index (Phi) is 11.1. The van der Waals surface area contributed by atoms with E-state index in [2.05, 4.69) is 57.5 Å². The number of nitrogens with one attached hydrogen (secondary N) is 3. The summed E-state index contributed by atoms with van der Waals surface area (Å²) in [6.45, 7) is 12.6. The number of urea groups is 1. The van der Waals surface area contributed by atoms with Gasteiger partial charge in [0.05, 0.1) is 18.4 Å². The SMILES string of the molecule is CCc1ccc(NC(=O)Nc2ccc(N3CCN(c4ccccc4OC)CC3)c(C(=O)NCCN(CC)CC)c2)cc1.